The van der Waals surface area contributed by atoms with Gasteiger partial charge in [0.15, 0.2) is 0 Å². The van der Waals surface area contributed by atoms with Crippen LogP contribution in [-0.4, -0.2) is 32.0 Å². The van der Waals surface area contributed by atoms with E-state index in [1.165, 1.54) is 0 Å². The molecule has 0 saturated heterocycles. The minimum absolute atomic E-state index is 0.0569. The molecule has 0 unspecified atom stereocenters. The minimum Gasteiger partial charge on any atom is -0.354 e. The maximum Gasteiger partial charge on any atom is 0.241 e. The summed E-state index contributed by atoms with van der Waals surface area (Å²) in [4.78, 5) is 11.7. The van der Waals surface area contributed by atoms with Crippen molar-refractivity contribution in [3.8, 4) is 0 Å². The highest BCUT2D eigenvalue weighted by Crippen LogP contribution is 2.12. The molecule has 0 saturated carbocycles. The van der Waals surface area contributed by atoms with E-state index >= 15 is 0 Å². The van der Waals surface area contributed by atoms with Gasteiger partial charge in [-0.05, 0) is 29.3 Å². The lowest BCUT2D eigenvalue weighted by Gasteiger charge is -2.05. The molecule has 1 N–H and O–H groups in total. The zero-order valence-corrected chi connectivity index (χ0v) is 13.4. The average molecular weight is 361 g/mol. The number of nitrogens with zero attached hydrogens (tertiary/aromatic N) is 4. The van der Waals surface area contributed by atoms with E-state index in [4.69, 9.17) is 11.6 Å². The molecule has 2 rings (SSSR count). The molecular formula is C12H15BrClN5O. The maximum absolute atomic E-state index is 11.7. The third kappa shape index (κ3) is 4.35. The molecule has 2 heterocycles. The first-order valence-corrected chi connectivity index (χ1v) is 7.36. The molecule has 2 aromatic rings. The van der Waals surface area contributed by atoms with Gasteiger partial charge in [-0.3, -0.25) is 14.2 Å². The number of nitrogens with one attached hydrogen (secondary N) is 1. The molecule has 0 radical (unpaired) electrons. The standard InChI is InChI=1S/C12H15BrClN5O/c1-9-11(13)7-19(17-9)8-12(20)15-3-2-4-18-6-10(14)5-16-18/h5-7H,2-4,8H2,1H3,(H,15,20). The van der Waals surface area contributed by atoms with E-state index in [1.807, 2.05) is 6.92 Å². The number of carbonyl (C=O) groups is 1. The molecular weight excluding hydrogens is 346 g/mol. The minimum atomic E-state index is -0.0569. The van der Waals surface area contributed by atoms with Crippen molar-refractivity contribution in [3.05, 3.63) is 33.8 Å². The van der Waals surface area contributed by atoms with Crippen molar-refractivity contribution in [3.63, 3.8) is 0 Å². The number of aromatic nitrogens is 4. The highest BCUT2D eigenvalue weighted by atomic mass is 79.9. The van der Waals surface area contributed by atoms with Crippen LogP contribution in [0.15, 0.2) is 23.1 Å². The van der Waals surface area contributed by atoms with Gasteiger partial charge in [-0.1, -0.05) is 11.6 Å². The Morgan fingerprint density at radius 3 is 2.85 bits per heavy atom. The van der Waals surface area contributed by atoms with Gasteiger partial charge in [0, 0.05) is 25.5 Å². The number of amides is 1. The lowest BCUT2D eigenvalue weighted by molar-refractivity contribution is -0.121. The van der Waals surface area contributed by atoms with Gasteiger partial charge >= 0.3 is 0 Å². The first-order chi connectivity index (χ1) is 9.54. The number of hydrogen-bond donors (Lipinski definition) is 1. The van der Waals surface area contributed by atoms with Gasteiger partial charge < -0.3 is 5.32 Å². The van der Waals surface area contributed by atoms with Crippen LogP contribution in [0.25, 0.3) is 0 Å². The summed E-state index contributed by atoms with van der Waals surface area (Å²) in [5.74, 6) is -0.0569. The van der Waals surface area contributed by atoms with Crippen molar-refractivity contribution in [1.82, 2.24) is 24.9 Å². The molecule has 8 heteroatoms. The summed E-state index contributed by atoms with van der Waals surface area (Å²) in [6.45, 7) is 3.42. The van der Waals surface area contributed by atoms with Crippen LogP contribution in [-0.2, 0) is 17.9 Å². The summed E-state index contributed by atoms with van der Waals surface area (Å²) >= 11 is 9.12. The second-order valence-corrected chi connectivity index (χ2v) is 5.68. The fourth-order valence-corrected chi connectivity index (χ4v) is 2.18. The Bertz CT molecular complexity index is 575. The second-order valence-electron chi connectivity index (χ2n) is 4.39. The van der Waals surface area contributed by atoms with E-state index in [0.29, 0.717) is 11.6 Å². The van der Waals surface area contributed by atoms with E-state index < -0.39 is 0 Å². The maximum atomic E-state index is 11.7. The third-order valence-corrected chi connectivity index (χ3v) is 3.65. The van der Waals surface area contributed by atoms with Crippen molar-refractivity contribution in [1.29, 1.82) is 0 Å². The predicted octanol–water partition coefficient (Wildman–Crippen LogP) is 2.01. The van der Waals surface area contributed by atoms with Crippen LogP contribution in [0.5, 0.6) is 0 Å². The van der Waals surface area contributed by atoms with Crippen LogP contribution >= 0.6 is 27.5 Å². The topological polar surface area (TPSA) is 64.7 Å². The fraction of sp³-hybridized carbons (Fsp3) is 0.417. The molecule has 1 amide bonds. The van der Waals surface area contributed by atoms with E-state index in [9.17, 15) is 4.79 Å². The molecule has 0 atom stereocenters. The van der Waals surface area contributed by atoms with Crippen molar-refractivity contribution in [2.24, 2.45) is 0 Å². The Hall–Kier alpha value is -1.34. The molecule has 2 aromatic heterocycles. The monoisotopic (exact) mass is 359 g/mol. The zero-order chi connectivity index (χ0) is 14.5. The second kappa shape index (κ2) is 6.90. The molecule has 0 spiro atoms. The summed E-state index contributed by atoms with van der Waals surface area (Å²) in [7, 11) is 0. The Labute approximate surface area is 130 Å². The van der Waals surface area contributed by atoms with Crippen molar-refractivity contribution in [2.75, 3.05) is 6.54 Å². The highest BCUT2D eigenvalue weighted by molar-refractivity contribution is 9.10. The summed E-state index contributed by atoms with van der Waals surface area (Å²) in [5.41, 5.74) is 0.869. The summed E-state index contributed by atoms with van der Waals surface area (Å²) in [6, 6.07) is 0. The molecule has 0 bridgehead atoms. The van der Waals surface area contributed by atoms with Gasteiger partial charge in [0.2, 0.25) is 5.91 Å². The van der Waals surface area contributed by atoms with Crippen LogP contribution < -0.4 is 5.32 Å². The van der Waals surface area contributed by atoms with Gasteiger partial charge in [-0.2, -0.15) is 10.2 Å². The molecule has 0 fully saturated rings. The predicted molar refractivity (Wildman–Crippen MR) is 79.5 cm³/mol. The Kier molecular flexibility index (Phi) is 5.19. The van der Waals surface area contributed by atoms with Crippen molar-refractivity contribution >= 4 is 33.4 Å². The number of carbonyl (C=O) groups excluding carboxylic acids is 1. The van der Waals surface area contributed by atoms with Crippen LogP contribution in [0.4, 0.5) is 0 Å². The molecule has 0 aliphatic heterocycles. The molecule has 0 aromatic carbocycles. The molecule has 20 heavy (non-hydrogen) atoms. The van der Waals surface area contributed by atoms with E-state index in [-0.39, 0.29) is 12.5 Å². The van der Waals surface area contributed by atoms with E-state index in [2.05, 4.69) is 31.4 Å². The van der Waals surface area contributed by atoms with Crippen LogP contribution in [0.1, 0.15) is 12.1 Å². The Morgan fingerprint density at radius 1 is 1.45 bits per heavy atom. The average Bonchev–Trinajstić information content (AvgIpc) is 2.92. The molecule has 0 aliphatic rings. The molecule has 0 aliphatic carbocycles. The number of aryl methyl sites for hydroxylation is 2. The summed E-state index contributed by atoms with van der Waals surface area (Å²) in [5, 5.41) is 11.7. The van der Waals surface area contributed by atoms with Crippen LogP contribution in [0.2, 0.25) is 5.02 Å². The normalized spacial score (nSPS) is 10.8. The van der Waals surface area contributed by atoms with Gasteiger partial charge in [-0.15, -0.1) is 0 Å². The van der Waals surface area contributed by atoms with Crippen LogP contribution in [0, 0.1) is 6.92 Å². The van der Waals surface area contributed by atoms with Crippen molar-refractivity contribution in [2.45, 2.75) is 26.4 Å². The van der Waals surface area contributed by atoms with Gasteiger partial charge in [0.05, 0.1) is 21.4 Å². The van der Waals surface area contributed by atoms with Gasteiger partial charge in [-0.25, -0.2) is 0 Å². The summed E-state index contributed by atoms with van der Waals surface area (Å²) < 4.78 is 4.27. The number of hydrogen-bond acceptors (Lipinski definition) is 3. The first-order valence-electron chi connectivity index (χ1n) is 6.19. The Balaban J connectivity index is 1.67. The highest BCUT2D eigenvalue weighted by Gasteiger charge is 2.06. The smallest absolute Gasteiger partial charge is 0.241 e. The van der Waals surface area contributed by atoms with Crippen LogP contribution in [0.3, 0.4) is 0 Å². The first kappa shape index (κ1) is 15.1. The van der Waals surface area contributed by atoms with E-state index in [1.54, 1.807) is 28.0 Å². The lowest BCUT2D eigenvalue weighted by atomic mass is 10.4. The fourth-order valence-electron chi connectivity index (χ4n) is 1.71. The third-order valence-electron chi connectivity index (χ3n) is 2.68. The largest absolute Gasteiger partial charge is 0.354 e. The van der Waals surface area contributed by atoms with Gasteiger partial charge in [0.25, 0.3) is 0 Å². The summed E-state index contributed by atoms with van der Waals surface area (Å²) in [6.07, 6.45) is 5.94. The quantitative estimate of drug-likeness (QED) is 0.802. The van der Waals surface area contributed by atoms with E-state index in [0.717, 1.165) is 23.1 Å². The van der Waals surface area contributed by atoms with Crippen molar-refractivity contribution < 1.29 is 4.79 Å². The molecule has 6 nitrogen and oxygen atoms in total. The number of halogens is 2. The Morgan fingerprint density at radius 2 is 2.25 bits per heavy atom. The molecule has 108 valence electrons. The lowest BCUT2D eigenvalue weighted by Crippen LogP contribution is -2.29. The zero-order valence-electron chi connectivity index (χ0n) is 11.0. The number of rotatable bonds is 6. The van der Waals surface area contributed by atoms with Gasteiger partial charge in [0.1, 0.15) is 6.54 Å². The SMILES string of the molecule is Cc1nn(CC(=O)NCCCn2cc(Cl)cn2)cc1Br.